The Hall–Kier alpha value is -3.77. The molecule has 0 saturated carbocycles. The first-order valence-corrected chi connectivity index (χ1v) is 13.2. The van der Waals surface area contributed by atoms with Crippen molar-refractivity contribution in [2.24, 2.45) is 5.92 Å². The van der Waals surface area contributed by atoms with Gasteiger partial charge in [0.2, 0.25) is 0 Å². The number of ether oxygens (including phenoxy) is 3. The second-order valence-corrected chi connectivity index (χ2v) is 9.84. The van der Waals surface area contributed by atoms with Crippen molar-refractivity contribution in [3.05, 3.63) is 95.1 Å². The van der Waals surface area contributed by atoms with Gasteiger partial charge in [0.1, 0.15) is 17.1 Å². The molecule has 1 aliphatic rings. The first kappa shape index (κ1) is 31.2. The lowest BCUT2D eigenvalue weighted by Gasteiger charge is -2.42. The maximum atomic E-state index is 12.7. The number of esters is 1. The van der Waals surface area contributed by atoms with E-state index in [9.17, 15) is 36.2 Å². The number of benzene rings is 3. The summed E-state index contributed by atoms with van der Waals surface area (Å²) >= 11 is 0. The van der Waals surface area contributed by atoms with E-state index in [0.717, 1.165) is 29.8 Å². The highest BCUT2D eigenvalue weighted by atomic mass is 19.4. The number of piperidine rings is 1. The van der Waals surface area contributed by atoms with Gasteiger partial charge in [-0.15, -0.1) is 26.3 Å². The number of carbonyl (C=O) groups is 1. The molecule has 1 fully saturated rings. The zero-order chi connectivity index (χ0) is 30.5. The van der Waals surface area contributed by atoms with Crippen molar-refractivity contribution in [2.45, 2.75) is 44.6 Å². The van der Waals surface area contributed by atoms with Crippen LogP contribution in [0.25, 0.3) is 0 Å². The van der Waals surface area contributed by atoms with Crippen LogP contribution in [0.3, 0.4) is 0 Å². The van der Waals surface area contributed by atoms with E-state index in [2.05, 4.69) is 14.4 Å². The van der Waals surface area contributed by atoms with Crippen LogP contribution in [-0.4, -0.2) is 48.4 Å². The number of nitrogens with zero attached hydrogens (tertiary/aromatic N) is 1. The fraction of sp³-hybridized carbons (Fsp3) is 0.367. The summed E-state index contributed by atoms with van der Waals surface area (Å²) in [6.07, 6.45) is -8.91. The molecule has 3 aromatic rings. The van der Waals surface area contributed by atoms with Crippen molar-refractivity contribution in [1.82, 2.24) is 4.90 Å². The van der Waals surface area contributed by atoms with Gasteiger partial charge in [-0.25, -0.2) is 4.79 Å². The van der Waals surface area contributed by atoms with Gasteiger partial charge in [-0.3, -0.25) is 4.90 Å². The number of hydrogen-bond acceptors (Lipinski definition) is 6. The lowest BCUT2D eigenvalue weighted by molar-refractivity contribution is -0.275. The predicted molar refractivity (Wildman–Crippen MR) is 140 cm³/mol. The fourth-order valence-electron chi connectivity index (χ4n) is 5.28. The van der Waals surface area contributed by atoms with Crippen molar-refractivity contribution in [3.8, 4) is 11.5 Å². The Bertz CT molecular complexity index is 1270. The third-order valence-electron chi connectivity index (χ3n) is 7.14. The van der Waals surface area contributed by atoms with E-state index in [1.807, 2.05) is 12.1 Å². The maximum absolute atomic E-state index is 12.7. The molecule has 0 spiro atoms. The van der Waals surface area contributed by atoms with Crippen LogP contribution < -0.4 is 9.47 Å². The van der Waals surface area contributed by atoms with Gasteiger partial charge in [0.25, 0.3) is 0 Å². The van der Waals surface area contributed by atoms with Crippen molar-refractivity contribution in [1.29, 1.82) is 0 Å². The van der Waals surface area contributed by atoms with Crippen LogP contribution >= 0.6 is 0 Å². The molecule has 6 nitrogen and oxygen atoms in total. The van der Waals surface area contributed by atoms with E-state index >= 15 is 0 Å². The molecule has 0 atom stereocenters. The predicted octanol–water partition coefficient (Wildman–Crippen LogP) is 6.81. The smallest absolute Gasteiger partial charge is 0.462 e. The first-order valence-electron chi connectivity index (χ1n) is 13.2. The Morgan fingerprint density at radius 1 is 0.810 bits per heavy atom. The molecule has 12 heteroatoms. The average Bonchev–Trinajstić information content (AvgIpc) is 2.92. The topological polar surface area (TPSA) is 68.2 Å². The van der Waals surface area contributed by atoms with Crippen LogP contribution in [0.2, 0.25) is 0 Å². The number of alkyl halides is 6. The Kier molecular flexibility index (Phi) is 9.37. The summed E-state index contributed by atoms with van der Waals surface area (Å²) in [6.45, 7) is 3.43. The van der Waals surface area contributed by atoms with Crippen LogP contribution in [0.1, 0.15) is 46.8 Å². The Morgan fingerprint density at radius 2 is 1.29 bits per heavy atom. The molecule has 1 aliphatic heterocycles. The van der Waals surface area contributed by atoms with Gasteiger partial charge in [-0.1, -0.05) is 42.5 Å². The molecule has 42 heavy (non-hydrogen) atoms. The lowest BCUT2D eigenvalue weighted by Crippen LogP contribution is -2.44. The summed E-state index contributed by atoms with van der Waals surface area (Å²) in [4.78, 5) is 14.5. The molecule has 0 bridgehead atoms. The van der Waals surface area contributed by atoms with Crippen molar-refractivity contribution < 1.29 is 50.5 Å². The van der Waals surface area contributed by atoms with Crippen molar-refractivity contribution in [2.75, 3.05) is 19.7 Å². The summed E-state index contributed by atoms with van der Waals surface area (Å²) in [5.41, 5.74) is 0.00773. The van der Waals surface area contributed by atoms with Gasteiger partial charge >= 0.3 is 18.7 Å². The SMILES string of the molecule is CCOC(=O)c1ccccc1CN1CCC(C(O)(c2ccc(OC(F)(F)F)cc2)c2ccc(OC(F)(F)F)cc2)CC1. The maximum Gasteiger partial charge on any atom is 0.573 e. The number of halogens is 6. The molecule has 0 aliphatic carbocycles. The summed E-state index contributed by atoms with van der Waals surface area (Å²) in [7, 11) is 0. The van der Waals surface area contributed by atoms with Gasteiger partial charge in [0.05, 0.1) is 12.2 Å². The summed E-state index contributed by atoms with van der Waals surface area (Å²) in [6, 6.07) is 16.7. The molecule has 0 radical (unpaired) electrons. The fourth-order valence-corrected chi connectivity index (χ4v) is 5.28. The van der Waals surface area contributed by atoms with Gasteiger partial charge in [-0.05, 0) is 85.8 Å². The first-order chi connectivity index (χ1) is 19.8. The van der Waals surface area contributed by atoms with Gasteiger partial charge in [0.15, 0.2) is 0 Å². The van der Waals surface area contributed by atoms with E-state index in [1.165, 1.54) is 24.3 Å². The Morgan fingerprint density at radius 3 is 1.74 bits per heavy atom. The monoisotopic (exact) mass is 597 g/mol. The van der Waals surface area contributed by atoms with E-state index in [4.69, 9.17) is 4.74 Å². The van der Waals surface area contributed by atoms with Crippen molar-refractivity contribution in [3.63, 3.8) is 0 Å². The average molecular weight is 598 g/mol. The van der Waals surface area contributed by atoms with Gasteiger partial charge in [-0.2, -0.15) is 0 Å². The number of hydrogen-bond donors (Lipinski definition) is 1. The number of aliphatic hydroxyl groups is 1. The number of rotatable bonds is 9. The Labute approximate surface area is 238 Å². The molecule has 226 valence electrons. The number of likely N-dealkylation sites (tertiary alicyclic amines) is 1. The zero-order valence-electron chi connectivity index (χ0n) is 22.5. The van der Waals surface area contributed by atoms with Crippen molar-refractivity contribution >= 4 is 5.97 Å². The highest BCUT2D eigenvalue weighted by molar-refractivity contribution is 5.91. The van der Waals surface area contributed by atoms with Crippen LogP contribution in [0.4, 0.5) is 26.3 Å². The minimum atomic E-state index is -4.90. The van der Waals surface area contributed by atoms with Gasteiger partial charge < -0.3 is 19.3 Å². The standard InChI is InChI=1S/C30H29F6NO5/c1-2-40-27(38)26-6-4-3-5-20(26)19-37-17-15-23(16-18-37)28(39,21-7-11-24(12-8-21)41-29(31,32)33)22-9-13-25(14-10-22)42-30(34,35)36/h3-14,23,39H,2,15-19H2,1H3. The second-order valence-electron chi connectivity index (χ2n) is 9.84. The largest absolute Gasteiger partial charge is 0.573 e. The summed E-state index contributed by atoms with van der Waals surface area (Å²) < 4.78 is 89.2. The van der Waals surface area contributed by atoms with Crippen LogP contribution in [0, 0.1) is 5.92 Å². The summed E-state index contributed by atoms with van der Waals surface area (Å²) in [5.74, 6) is -1.82. The number of carbonyl (C=O) groups excluding carboxylic acids is 1. The second kappa shape index (κ2) is 12.6. The molecule has 4 rings (SSSR count). The van der Waals surface area contributed by atoms with E-state index < -0.39 is 41.7 Å². The van der Waals surface area contributed by atoms with Crippen LogP contribution in [0.5, 0.6) is 11.5 Å². The highest BCUT2D eigenvalue weighted by Crippen LogP contribution is 2.43. The normalized spacial score (nSPS) is 15.3. The van der Waals surface area contributed by atoms with Gasteiger partial charge in [0, 0.05) is 6.54 Å². The van der Waals surface area contributed by atoms with E-state index in [0.29, 0.717) is 38.0 Å². The van der Waals surface area contributed by atoms with Crippen LogP contribution in [-0.2, 0) is 16.9 Å². The molecular weight excluding hydrogens is 568 g/mol. The molecule has 1 N–H and O–H groups in total. The molecule has 0 aromatic heterocycles. The van der Waals surface area contributed by atoms with Crippen LogP contribution in [0.15, 0.2) is 72.8 Å². The molecule has 3 aromatic carbocycles. The zero-order valence-corrected chi connectivity index (χ0v) is 22.5. The molecule has 1 saturated heterocycles. The van der Waals surface area contributed by atoms with E-state index in [-0.39, 0.29) is 17.7 Å². The summed E-state index contributed by atoms with van der Waals surface area (Å²) in [5, 5.41) is 12.2. The minimum Gasteiger partial charge on any atom is -0.462 e. The quantitative estimate of drug-likeness (QED) is 0.216. The molecule has 0 unspecified atom stereocenters. The third-order valence-corrected chi connectivity index (χ3v) is 7.14. The molecule has 1 heterocycles. The Balaban J connectivity index is 1.58. The minimum absolute atomic E-state index is 0.240. The third kappa shape index (κ3) is 7.74. The lowest BCUT2D eigenvalue weighted by atomic mass is 9.72. The highest BCUT2D eigenvalue weighted by Gasteiger charge is 2.42. The molecule has 0 amide bonds. The molecular formula is C30H29F6NO5. The van der Waals surface area contributed by atoms with E-state index in [1.54, 1.807) is 19.1 Å².